The second kappa shape index (κ2) is 6.04. The van der Waals surface area contributed by atoms with E-state index < -0.39 is 0 Å². The number of likely N-dealkylation sites (N-methyl/N-ethyl adjacent to an activating group) is 2. The fourth-order valence-electron chi connectivity index (χ4n) is 2.71. The molecule has 110 valence electrons. The highest BCUT2D eigenvalue weighted by atomic mass is 79.9. The third kappa shape index (κ3) is 3.02. The number of nitrogens with zero attached hydrogens (tertiary/aromatic N) is 2. The molecule has 1 fully saturated rings. The Morgan fingerprint density at radius 1 is 1.35 bits per heavy atom. The van der Waals surface area contributed by atoms with Crippen LogP contribution < -0.4 is 0 Å². The van der Waals surface area contributed by atoms with Crippen LogP contribution in [-0.2, 0) is 0 Å². The van der Waals surface area contributed by atoms with Crippen molar-refractivity contribution in [1.29, 1.82) is 0 Å². The lowest BCUT2D eigenvalue weighted by molar-refractivity contribution is 0.0252. The first-order valence-corrected chi connectivity index (χ1v) is 7.91. The number of benzene rings is 1. The van der Waals surface area contributed by atoms with Crippen molar-refractivity contribution in [3.63, 3.8) is 0 Å². The molecule has 2 rings (SSSR count). The Balaban J connectivity index is 2.14. The Kier molecular flexibility index (Phi) is 4.77. The van der Waals surface area contributed by atoms with E-state index >= 15 is 0 Å². The monoisotopic (exact) mass is 358 g/mol. The lowest BCUT2D eigenvalue weighted by atomic mass is 9.75. The lowest BCUT2D eigenvalue weighted by Gasteiger charge is -2.49. The molecule has 0 unspecified atom stereocenters. The van der Waals surface area contributed by atoms with Gasteiger partial charge in [0.1, 0.15) is 0 Å². The summed E-state index contributed by atoms with van der Waals surface area (Å²) in [6, 6.07) is 5.37. The highest BCUT2D eigenvalue weighted by molar-refractivity contribution is 9.10. The van der Waals surface area contributed by atoms with Gasteiger partial charge < -0.3 is 9.80 Å². The van der Waals surface area contributed by atoms with E-state index in [2.05, 4.69) is 34.9 Å². The van der Waals surface area contributed by atoms with Crippen molar-refractivity contribution >= 4 is 33.4 Å². The number of hydrogen-bond donors (Lipinski definition) is 0. The summed E-state index contributed by atoms with van der Waals surface area (Å²) in [6.07, 6.45) is 3.52. The van der Waals surface area contributed by atoms with Crippen LogP contribution in [0.4, 0.5) is 0 Å². The summed E-state index contributed by atoms with van der Waals surface area (Å²) in [5.41, 5.74) is 0.680. The van der Waals surface area contributed by atoms with Gasteiger partial charge >= 0.3 is 0 Å². The minimum Gasteiger partial charge on any atom is -0.340 e. The van der Waals surface area contributed by atoms with Gasteiger partial charge in [-0.1, -0.05) is 27.5 Å². The molecule has 1 amide bonds. The number of amides is 1. The third-order valence-electron chi connectivity index (χ3n) is 4.27. The first kappa shape index (κ1) is 15.8. The van der Waals surface area contributed by atoms with Crippen LogP contribution in [-0.4, -0.2) is 48.9 Å². The van der Waals surface area contributed by atoms with E-state index in [0.29, 0.717) is 10.6 Å². The molecule has 0 spiro atoms. The maximum atomic E-state index is 12.6. The first-order chi connectivity index (χ1) is 9.35. The van der Waals surface area contributed by atoms with Gasteiger partial charge in [0.05, 0.1) is 10.6 Å². The second-order valence-corrected chi connectivity index (χ2v) is 7.08. The minimum absolute atomic E-state index is 0.0237. The fraction of sp³-hybridized carbons (Fsp3) is 0.533. The zero-order valence-corrected chi connectivity index (χ0v) is 14.5. The Morgan fingerprint density at radius 2 is 2.00 bits per heavy atom. The average molecular weight is 360 g/mol. The molecule has 20 heavy (non-hydrogen) atoms. The third-order valence-corrected chi connectivity index (χ3v) is 5.09. The molecule has 0 aliphatic heterocycles. The van der Waals surface area contributed by atoms with Crippen LogP contribution in [0.5, 0.6) is 0 Å². The SMILES string of the molecule is CN(CC1(N(C)C)CCC1)C(=O)c1cc(Br)ccc1Cl. The van der Waals surface area contributed by atoms with Gasteiger partial charge in [-0.3, -0.25) is 4.79 Å². The summed E-state index contributed by atoms with van der Waals surface area (Å²) >= 11 is 9.52. The van der Waals surface area contributed by atoms with E-state index in [1.807, 2.05) is 13.1 Å². The Morgan fingerprint density at radius 3 is 2.50 bits per heavy atom. The molecule has 1 aliphatic carbocycles. The maximum absolute atomic E-state index is 12.6. The van der Waals surface area contributed by atoms with Gasteiger partial charge in [0.2, 0.25) is 0 Å². The maximum Gasteiger partial charge on any atom is 0.255 e. The minimum atomic E-state index is -0.0237. The molecule has 1 aromatic rings. The van der Waals surface area contributed by atoms with Gasteiger partial charge in [-0.25, -0.2) is 0 Å². The van der Waals surface area contributed by atoms with E-state index in [0.717, 1.165) is 23.9 Å². The van der Waals surface area contributed by atoms with E-state index in [9.17, 15) is 4.79 Å². The van der Waals surface area contributed by atoms with E-state index in [-0.39, 0.29) is 11.4 Å². The molecule has 1 aliphatic rings. The lowest BCUT2D eigenvalue weighted by Crippen LogP contribution is -2.57. The van der Waals surface area contributed by atoms with Crippen LogP contribution in [0.2, 0.25) is 5.02 Å². The molecule has 3 nitrogen and oxygen atoms in total. The molecule has 0 bridgehead atoms. The number of carbonyl (C=O) groups excluding carboxylic acids is 1. The highest BCUT2D eigenvalue weighted by Crippen LogP contribution is 2.37. The van der Waals surface area contributed by atoms with Crippen LogP contribution in [0.15, 0.2) is 22.7 Å². The number of carbonyl (C=O) groups is 1. The molecule has 0 heterocycles. The van der Waals surface area contributed by atoms with Crippen LogP contribution in [0.25, 0.3) is 0 Å². The predicted molar refractivity (Wildman–Crippen MR) is 86.4 cm³/mol. The fourth-order valence-corrected chi connectivity index (χ4v) is 3.27. The largest absolute Gasteiger partial charge is 0.340 e. The summed E-state index contributed by atoms with van der Waals surface area (Å²) < 4.78 is 0.865. The quantitative estimate of drug-likeness (QED) is 0.819. The first-order valence-electron chi connectivity index (χ1n) is 6.74. The van der Waals surface area contributed by atoms with Crippen LogP contribution >= 0.6 is 27.5 Å². The van der Waals surface area contributed by atoms with Crippen molar-refractivity contribution in [3.05, 3.63) is 33.3 Å². The molecular weight excluding hydrogens is 340 g/mol. The Labute approximate surface area is 134 Å². The highest BCUT2D eigenvalue weighted by Gasteiger charge is 2.40. The van der Waals surface area contributed by atoms with Crippen molar-refractivity contribution in [2.45, 2.75) is 24.8 Å². The molecule has 0 radical (unpaired) electrons. The Hall–Kier alpha value is -0.580. The molecule has 1 aromatic carbocycles. The summed E-state index contributed by atoms with van der Waals surface area (Å²) in [4.78, 5) is 16.6. The normalized spacial score (nSPS) is 16.9. The molecule has 0 saturated heterocycles. The van der Waals surface area contributed by atoms with Crippen molar-refractivity contribution in [2.75, 3.05) is 27.7 Å². The molecule has 5 heteroatoms. The van der Waals surface area contributed by atoms with Gasteiger partial charge in [0.15, 0.2) is 0 Å². The van der Waals surface area contributed by atoms with E-state index in [1.54, 1.807) is 17.0 Å². The molecule has 0 N–H and O–H groups in total. The van der Waals surface area contributed by atoms with Crippen molar-refractivity contribution in [1.82, 2.24) is 9.80 Å². The van der Waals surface area contributed by atoms with Crippen LogP contribution in [0, 0.1) is 0 Å². The van der Waals surface area contributed by atoms with Crippen LogP contribution in [0.3, 0.4) is 0 Å². The van der Waals surface area contributed by atoms with Crippen molar-refractivity contribution in [3.8, 4) is 0 Å². The summed E-state index contributed by atoms with van der Waals surface area (Å²) in [5.74, 6) is -0.0237. The molecule has 0 atom stereocenters. The smallest absolute Gasteiger partial charge is 0.255 e. The molecule has 0 aromatic heterocycles. The Bertz CT molecular complexity index is 515. The van der Waals surface area contributed by atoms with Crippen LogP contribution in [0.1, 0.15) is 29.6 Å². The van der Waals surface area contributed by atoms with Gasteiger partial charge in [0, 0.05) is 23.6 Å². The van der Waals surface area contributed by atoms with Crippen molar-refractivity contribution in [2.24, 2.45) is 0 Å². The average Bonchev–Trinajstić information content (AvgIpc) is 2.35. The predicted octanol–water partition coefficient (Wildman–Crippen LogP) is 3.66. The molecular formula is C15H20BrClN2O. The summed E-state index contributed by atoms with van der Waals surface area (Å²) in [7, 11) is 6.02. The number of halogens is 2. The zero-order chi connectivity index (χ0) is 14.9. The summed E-state index contributed by atoms with van der Waals surface area (Å²) in [5, 5.41) is 0.498. The van der Waals surface area contributed by atoms with Gasteiger partial charge in [-0.15, -0.1) is 0 Å². The zero-order valence-electron chi connectivity index (χ0n) is 12.1. The van der Waals surface area contributed by atoms with E-state index in [1.165, 1.54) is 6.42 Å². The van der Waals surface area contributed by atoms with Gasteiger partial charge in [-0.05, 0) is 51.6 Å². The van der Waals surface area contributed by atoms with Gasteiger partial charge in [-0.2, -0.15) is 0 Å². The topological polar surface area (TPSA) is 23.6 Å². The molecule has 1 saturated carbocycles. The van der Waals surface area contributed by atoms with Crippen molar-refractivity contribution < 1.29 is 4.79 Å². The number of hydrogen-bond acceptors (Lipinski definition) is 2. The summed E-state index contributed by atoms with van der Waals surface area (Å²) in [6.45, 7) is 0.738. The standard InChI is InChI=1S/C15H20BrClN2O/c1-18(2)15(7-4-8-15)10-19(3)14(20)12-9-11(16)5-6-13(12)17/h5-6,9H,4,7-8,10H2,1-3H3. The second-order valence-electron chi connectivity index (χ2n) is 5.76. The van der Waals surface area contributed by atoms with Gasteiger partial charge in [0.25, 0.3) is 5.91 Å². The number of rotatable bonds is 4. The van der Waals surface area contributed by atoms with E-state index in [4.69, 9.17) is 11.6 Å².